The molecule has 1 N–H and O–H groups in total. The minimum absolute atomic E-state index is 0.174. The monoisotopic (exact) mass is 224 g/mol. The van der Waals surface area contributed by atoms with Crippen molar-refractivity contribution in [2.45, 2.75) is 13.0 Å². The van der Waals surface area contributed by atoms with Crippen LogP contribution in [0.15, 0.2) is 34.7 Å². The van der Waals surface area contributed by atoms with Gasteiger partial charge in [0.2, 0.25) is 0 Å². The first-order chi connectivity index (χ1) is 7.58. The van der Waals surface area contributed by atoms with E-state index in [9.17, 15) is 13.9 Å². The van der Waals surface area contributed by atoms with Crippen molar-refractivity contribution in [3.05, 3.63) is 47.7 Å². The van der Waals surface area contributed by atoms with Gasteiger partial charge in [0.05, 0.1) is 5.56 Å². The van der Waals surface area contributed by atoms with Crippen molar-refractivity contribution < 1.29 is 18.3 Å². The molecule has 4 heteroatoms. The zero-order valence-corrected chi connectivity index (χ0v) is 8.58. The third kappa shape index (κ3) is 1.97. The van der Waals surface area contributed by atoms with Gasteiger partial charge in [0.1, 0.15) is 29.3 Å². The van der Waals surface area contributed by atoms with Gasteiger partial charge in [-0.05, 0) is 31.2 Å². The summed E-state index contributed by atoms with van der Waals surface area (Å²) in [6, 6.07) is 6.35. The van der Waals surface area contributed by atoms with Crippen molar-refractivity contribution in [2.75, 3.05) is 0 Å². The average Bonchev–Trinajstić information content (AvgIpc) is 2.66. The SMILES string of the molecule is CC(O)c1ccc(-c2ccc(F)cc2F)o1. The summed E-state index contributed by atoms with van der Waals surface area (Å²) >= 11 is 0. The molecule has 0 aliphatic heterocycles. The molecule has 16 heavy (non-hydrogen) atoms. The number of aliphatic hydroxyl groups excluding tert-OH is 1. The fourth-order valence-corrected chi connectivity index (χ4v) is 1.41. The lowest BCUT2D eigenvalue weighted by atomic mass is 10.1. The van der Waals surface area contributed by atoms with Gasteiger partial charge in [-0.2, -0.15) is 0 Å². The Morgan fingerprint density at radius 2 is 1.94 bits per heavy atom. The predicted octanol–water partition coefficient (Wildman–Crippen LogP) is 3.28. The van der Waals surface area contributed by atoms with Crippen molar-refractivity contribution >= 4 is 0 Å². The average molecular weight is 224 g/mol. The van der Waals surface area contributed by atoms with Crippen LogP contribution in [0.5, 0.6) is 0 Å². The molecule has 0 amide bonds. The summed E-state index contributed by atoms with van der Waals surface area (Å²) in [5.41, 5.74) is 0.174. The second kappa shape index (κ2) is 4.06. The molecule has 0 radical (unpaired) electrons. The third-order valence-electron chi connectivity index (χ3n) is 2.24. The molecule has 84 valence electrons. The fraction of sp³-hybridized carbons (Fsp3) is 0.167. The topological polar surface area (TPSA) is 33.4 Å². The highest BCUT2D eigenvalue weighted by molar-refractivity contribution is 5.58. The highest BCUT2D eigenvalue weighted by Crippen LogP contribution is 2.27. The van der Waals surface area contributed by atoms with Gasteiger partial charge in [-0.1, -0.05) is 0 Å². The molecular weight excluding hydrogens is 214 g/mol. The molecule has 0 aliphatic rings. The number of furan rings is 1. The smallest absolute Gasteiger partial charge is 0.137 e. The first-order valence-corrected chi connectivity index (χ1v) is 4.81. The Morgan fingerprint density at radius 1 is 1.19 bits per heavy atom. The number of aliphatic hydroxyl groups is 1. The Bertz CT molecular complexity index is 503. The van der Waals surface area contributed by atoms with Gasteiger partial charge in [-0.25, -0.2) is 8.78 Å². The molecule has 1 atom stereocenters. The van der Waals surface area contributed by atoms with Crippen molar-refractivity contribution in [3.8, 4) is 11.3 Å². The van der Waals surface area contributed by atoms with Crippen LogP contribution in [0.4, 0.5) is 8.78 Å². The van der Waals surface area contributed by atoms with E-state index in [0.29, 0.717) is 5.76 Å². The minimum Gasteiger partial charge on any atom is -0.458 e. The quantitative estimate of drug-likeness (QED) is 0.849. The summed E-state index contributed by atoms with van der Waals surface area (Å²) in [4.78, 5) is 0. The Kier molecular flexibility index (Phi) is 2.75. The van der Waals surface area contributed by atoms with Crippen molar-refractivity contribution in [2.24, 2.45) is 0 Å². The number of benzene rings is 1. The summed E-state index contributed by atoms with van der Waals surface area (Å²) in [7, 11) is 0. The van der Waals surface area contributed by atoms with Gasteiger partial charge < -0.3 is 9.52 Å². The maximum absolute atomic E-state index is 13.4. The zero-order chi connectivity index (χ0) is 11.7. The molecule has 0 bridgehead atoms. The molecule has 1 aromatic carbocycles. The third-order valence-corrected chi connectivity index (χ3v) is 2.24. The number of hydrogen-bond donors (Lipinski definition) is 1. The summed E-state index contributed by atoms with van der Waals surface area (Å²) in [6.07, 6.45) is -0.753. The number of rotatable bonds is 2. The van der Waals surface area contributed by atoms with Crippen molar-refractivity contribution in [1.29, 1.82) is 0 Å². The first-order valence-electron chi connectivity index (χ1n) is 4.81. The minimum atomic E-state index is -0.753. The Balaban J connectivity index is 2.42. The van der Waals surface area contributed by atoms with Crippen LogP contribution in [-0.2, 0) is 0 Å². The van der Waals surface area contributed by atoms with E-state index in [1.54, 1.807) is 19.1 Å². The van der Waals surface area contributed by atoms with Crippen LogP contribution in [0.1, 0.15) is 18.8 Å². The lowest BCUT2D eigenvalue weighted by Gasteiger charge is -2.01. The molecule has 0 fully saturated rings. The number of hydrogen-bond acceptors (Lipinski definition) is 2. The lowest BCUT2D eigenvalue weighted by Crippen LogP contribution is -1.87. The Labute approximate surface area is 91.1 Å². The van der Waals surface area contributed by atoms with Crippen LogP contribution in [0.25, 0.3) is 11.3 Å². The van der Waals surface area contributed by atoms with E-state index < -0.39 is 17.7 Å². The summed E-state index contributed by atoms with van der Waals surface area (Å²) in [6.45, 7) is 1.55. The van der Waals surface area contributed by atoms with Crippen LogP contribution in [0, 0.1) is 11.6 Å². The Morgan fingerprint density at radius 3 is 2.50 bits per heavy atom. The van der Waals surface area contributed by atoms with Crippen molar-refractivity contribution in [3.63, 3.8) is 0 Å². The highest BCUT2D eigenvalue weighted by Gasteiger charge is 2.12. The molecule has 1 heterocycles. The van der Waals surface area contributed by atoms with E-state index in [1.165, 1.54) is 6.07 Å². The van der Waals surface area contributed by atoms with E-state index in [-0.39, 0.29) is 11.3 Å². The van der Waals surface area contributed by atoms with E-state index in [0.717, 1.165) is 12.1 Å². The van der Waals surface area contributed by atoms with Crippen LogP contribution in [-0.4, -0.2) is 5.11 Å². The molecule has 0 saturated carbocycles. The van der Waals surface area contributed by atoms with Gasteiger partial charge in [0.25, 0.3) is 0 Å². The molecular formula is C12H10F2O2. The van der Waals surface area contributed by atoms with Crippen LogP contribution >= 0.6 is 0 Å². The summed E-state index contributed by atoms with van der Waals surface area (Å²) < 4.78 is 31.3. The highest BCUT2D eigenvalue weighted by atomic mass is 19.1. The molecule has 0 aliphatic carbocycles. The van der Waals surface area contributed by atoms with Gasteiger partial charge in [-0.3, -0.25) is 0 Å². The van der Waals surface area contributed by atoms with Gasteiger partial charge in [0.15, 0.2) is 0 Å². The molecule has 1 unspecified atom stereocenters. The zero-order valence-electron chi connectivity index (χ0n) is 8.58. The summed E-state index contributed by atoms with van der Waals surface area (Å²) in [5, 5.41) is 9.25. The molecule has 0 spiro atoms. The second-order valence-electron chi connectivity index (χ2n) is 3.50. The summed E-state index contributed by atoms with van der Waals surface area (Å²) in [5.74, 6) is -0.706. The van der Waals surface area contributed by atoms with Gasteiger partial charge in [0, 0.05) is 6.07 Å². The maximum Gasteiger partial charge on any atom is 0.137 e. The van der Waals surface area contributed by atoms with Gasteiger partial charge >= 0.3 is 0 Å². The van der Waals surface area contributed by atoms with E-state index in [2.05, 4.69) is 0 Å². The molecule has 2 nitrogen and oxygen atoms in total. The first kappa shape index (κ1) is 10.8. The van der Waals surface area contributed by atoms with E-state index in [1.807, 2.05) is 0 Å². The molecule has 1 aromatic heterocycles. The Hall–Kier alpha value is -1.68. The van der Waals surface area contributed by atoms with E-state index >= 15 is 0 Å². The number of halogens is 2. The predicted molar refractivity (Wildman–Crippen MR) is 54.7 cm³/mol. The molecule has 0 saturated heterocycles. The molecule has 2 rings (SSSR count). The van der Waals surface area contributed by atoms with Crippen molar-refractivity contribution in [1.82, 2.24) is 0 Å². The normalized spacial score (nSPS) is 12.8. The second-order valence-corrected chi connectivity index (χ2v) is 3.50. The lowest BCUT2D eigenvalue weighted by molar-refractivity contribution is 0.170. The van der Waals surface area contributed by atoms with Crippen LogP contribution < -0.4 is 0 Å². The van der Waals surface area contributed by atoms with Crippen LogP contribution in [0.2, 0.25) is 0 Å². The fourth-order valence-electron chi connectivity index (χ4n) is 1.41. The standard InChI is InChI=1S/C12H10F2O2/c1-7(15)11-4-5-12(16-11)9-3-2-8(13)6-10(9)14/h2-7,15H,1H3. The van der Waals surface area contributed by atoms with Gasteiger partial charge in [-0.15, -0.1) is 0 Å². The largest absolute Gasteiger partial charge is 0.458 e. The molecule has 2 aromatic rings. The van der Waals surface area contributed by atoms with Crippen LogP contribution in [0.3, 0.4) is 0 Å². The maximum atomic E-state index is 13.4. The van der Waals surface area contributed by atoms with E-state index in [4.69, 9.17) is 4.42 Å².